The van der Waals surface area contributed by atoms with Crippen LogP contribution in [0.25, 0.3) is 0 Å². The van der Waals surface area contributed by atoms with Gasteiger partial charge in [-0.15, -0.1) is 11.8 Å². The van der Waals surface area contributed by atoms with E-state index in [0.717, 1.165) is 16.6 Å². The molecule has 3 nitrogen and oxygen atoms in total. The lowest BCUT2D eigenvalue weighted by molar-refractivity contribution is -0.117. The molecule has 0 spiro atoms. The van der Waals surface area contributed by atoms with E-state index in [0.29, 0.717) is 0 Å². The van der Waals surface area contributed by atoms with Gasteiger partial charge in [-0.1, -0.05) is 24.3 Å². The number of para-hydroxylation sites is 1. The summed E-state index contributed by atoms with van der Waals surface area (Å²) in [6.07, 6.45) is 1.93. The maximum atomic E-state index is 13.6. The number of anilines is 1. The highest BCUT2D eigenvalue weighted by Gasteiger charge is 2.13. The van der Waals surface area contributed by atoms with Gasteiger partial charge in [0.25, 0.3) is 0 Å². The lowest BCUT2D eigenvalue weighted by Crippen LogP contribution is -2.30. The Labute approximate surface area is 138 Å². The Kier molecular flexibility index (Phi) is 6.12. The average molecular weight is 336 g/mol. The molecule has 0 aliphatic carbocycles. The zero-order chi connectivity index (χ0) is 16.8. The third-order valence-electron chi connectivity index (χ3n) is 3.27. The Morgan fingerprint density at radius 1 is 1.17 bits per heavy atom. The fourth-order valence-corrected chi connectivity index (χ4v) is 2.75. The summed E-state index contributed by atoms with van der Waals surface area (Å²) in [6.45, 7) is 0.236. The molecule has 1 amide bonds. The highest BCUT2D eigenvalue weighted by molar-refractivity contribution is 7.98. The zero-order valence-corrected chi connectivity index (χ0v) is 13.8. The molecule has 1 N–H and O–H groups in total. The van der Waals surface area contributed by atoms with Crippen molar-refractivity contribution in [2.24, 2.45) is 0 Å². The minimum Gasteiger partial charge on any atom is -0.324 e. The van der Waals surface area contributed by atoms with Crippen LogP contribution in [0.15, 0.2) is 47.4 Å². The van der Waals surface area contributed by atoms with E-state index in [4.69, 9.17) is 0 Å². The minimum atomic E-state index is -0.880. The number of carbonyl (C=O) groups excluding carboxylic acids is 1. The molecule has 0 unspecified atom stereocenters. The number of amides is 1. The lowest BCUT2D eigenvalue weighted by Gasteiger charge is -2.17. The van der Waals surface area contributed by atoms with E-state index in [1.807, 2.05) is 30.5 Å². The molecule has 6 heteroatoms. The third-order valence-corrected chi connectivity index (χ3v) is 4.06. The molecule has 2 rings (SSSR count). The number of likely N-dealkylation sites (N-methyl/N-ethyl adjacent to an activating group) is 1. The normalized spacial score (nSPS) is 10.8. The summed E-state index contributed by atoms with van der Waals surface area (Å²) in [6, 6.07) is 11.5. The summed E-state index contributed by atoms with van der Waals surface area (Å²) in [4.78, 5) is 14.7. The van der Waals surface area contributed by atoms with Crippen molar-refractivity contribution in [1.29, 1.82) is 0 Å². The molecular weight excluding hydrogens is 318 g/mol. The molecule has 0 fully saturated rings. The number of halogens is 2. The Morgan fingerprint density at radius 3 is 2.65 bits per heavy atom. The Morgan fingerprint density at radius 2 is 1.91 bits per heavy atom. The molecule has 0 heterocycles. The van der Waals surface area contributed by atoms with Gasteiger partial charge in [0.1, 0.15) is 0 Å². The molecule has 0 aromatic heterocycles. The van der Waals surface area contributed by atoms with Crippen molar-refractivity contribution in [2.45, 2.75) is 11.4 Å². The first-order valence-corrected chi connectivity index (χ1v) is 8.28. The summed E-state index contributed by atoms with van der Waals surface area (Å²) in [5.41, 5.74) is 0.972. The van der Waals surface area contributed by atoms with E-state index < -0.39 is 11.6 Å². The van der Waals surface area contributed by atoms with E-state index >= 15 is 0 Å². The topological polar surface area (TPSA) is 32.3 Å². The quantitative estimate of drug-likeness (QED) is 0.815. The number of thioether (sulfide) groups is 1. The molecule has 2 aromatic carbocycles. The van der Waals surface area contributed by atoms with Gasteiger partial charge in [0, 0.05) is 17.0 Å². The van der Waals surface area contributed by atoms with Crippen molar-refractivity contribution < 1.29 is 13.6 Å². The van der Waals surface area contributed by atoms with Crippen molar-refractivity contribution in [2.75, 3.05) is 25.2 Å². The lowest BCUT2D eigenvalue weighted by atomic mass is 10.2. The molecule has 122 valence electrons. The van der Waals surface area contributed by atoms with Gasteiger partial charge in [0.2, 0.25) is 5.91 Å². The SMILES string of the molecule is CSc1ccccc1NC(=O)CN(C)Cc1cccc(F)c1F. The molecular formula is C17H18F2N2OS. The van der Waals surface area contributed by atoms with Crippen LogP contribution < -0.4 is 5.32 Å². The molecule has 0 radical (unpaired) electrons. The van der Waals surface area contributed by atoms with Gasteiger partial charge in [-0.2, -0.15) is 0 Å². The number of nitrogens with one attached hydrogen (secondary N) is 1. The number of hydrogen-bond donors (Lipinski definition) is 1. The van der Waals surface area contributed by atoms with Gasteiger partial charge in [0.05, 0.1) is 12.2 Å². The zero-order valence-electron chi connectivity index (χ0n) is 13.0. The van der Waals surface area contributed by atoms with Crippen LogP contribution in [0.5, 0.6) is 0 Å². The molecule has 0 aliphatic heterocycles. The smallest absolute Gasteiger partial charge is 0.238 e. The predicted octanol–water partition coefficient (Wildman–Crippen LogP) is 3.76. The summed E-state index contributed by atoms with van der Waals surface area (Å²) in [7, 11) is 1.68. The van der Waals surface area contributed by atoms with Crippen molar-refractivity contribution >= 4 is 23.4 Å². The standard InChI is InChI=1S/C17H18F2N2OS/c1-21(10-12-6-5-7-13(18)17(12)19)11-16(22)20-14-8-3-4-9-15(14)23-2/h3-9H,10-11H2,1-2H3,(H,20,22). The minimum absolute atomic E-state index is 0.0820. The van der Waals surface area contributed by atoms with Gasteiger partial charge in [-0.3, -0.25) is 9.69 Å². The van der Waals surface area contributed by atoms with E-state index in [9.17, 15) is 13.6 Å². The average Bonchev–Trinajstić information content (AvgIpc) is 2.52. The number of carbonyl (C=O) groups is 1. The number of rotatable bonds is 6. The first kappa shape index (κ1) is 17.4. The van der Waals surface area contributed by atoms with Crippen molar-refractivity contribution in [3.63, 3.8) is 0 Å². The highest BCUT2D eigenvalue weighted by atomic mass is 32.2. The molecule has 2 aromatic rings. The Hall–Kier alpha value is -1.92. The molecule has 0 aliphatic rings. The van der Waals surface area contributed by atoms with E-state index in [-0.39, 0.29) is 24.6 Å². The van der Waals surface area contributed by atoms with Crippen molar-refractivity contribution in [3.05, 3.63) is 59.7 Å². The second-order valence-corrected chi connectivity index (χ2v) is 5.98. The van der Waals surface area contributed by atoms with Gasteiger partial charge < -0.3 is 5.32 Å². The summed E-state index contributed by atoms with van der Waals surface area (Å²) in [5.74, 6) is -1.95. The second-order valence-electron chi connectivity index (χ2n) is 5.13. The van der Waals surface area contributed by atoms with Crippen LogP contribution in [0.3, 0.4) is 0 Å². The number of benzene rings is 2. The van der Waals surface area contributed by atoms with E-state index in [2.05, 4.69) is 5.32 Å². The van der Waals surface area contributed by atoms with Crippen LogP contribution in [0.2, 0.25) is 0 Å². The first-order chi connectivity index (χ1) is 11.0. The summed E-state index contributed by atoms with van der Waals surface area (Å²) >= 11 is 1.54. The third kappa shape index (κ3) is 4.77. The molecule has 0 atom stereocenters. The second kappa shape index (κ2) is 8.08. The van der Waals surface area contributed by atoms with Crippen molar-refractivity contribution in [3.8, 4) is 0 Å². The van der Waals surface area contributed by atoms with Crippen LogP contribution in [-0.2, 0) is 11.3 Å². The largest absolute Gasteiger partial charge is 0.324 e. The maximum absolute atomic E-state index is 13.6. The molecule has 0 saturated heterocycles. The number of nitrogens with zero attached hydrogens (tertiary/aromatic N) is 1. The molecule has 23 heavy (non-hydrogen) atoms. The van der Waals surface area contributed by atoms with Crippen LogP contribution in [0.4, 0.5) is 14.5 Å². The Balaban J connectivity index is 1.96. The maximum Gasteiger partial charge on any atom is 0.238 e. The summed E-state index contributed by atoms with van der Waals surface area (Å²) < 4.78 is 26.8. The molecule has 0 bridgehead atoms. The predicted molar refractivity (Wildman–Crippen MR) is 89.5 cm³/mol. The van der Waals surface area contributed by atoms with Crippen molar-refractivity contribution in [1.82, 2.24) is 4.90 Å². The van der Waals surface area contributed by atoms with E-state index in [1.165, 1.54) is 12.1 Å². The Bertz CT molecular complexity index is 694. The fourth-order valence-electron chi connectivity index (χ4n) is 2.20. The van der Waals surface area contributed by atoms with Gasteiger partial charge in [0.15, 0.2) is 11.6 Å². The van der Waals surface area contributed by atoms with Crippen LogP contribution in [0.1, 0.15) is 5.56 Å². The first-order valence-electron chi connectivity index (χ1n) is 7.05. The van der Waals surface area contributed by atoms with E-state index in [1.54, 1.807) is 23.7 Å². The number of hydrogen-bond acceptors (Lipinski definition) is 3. The van der Waals surface area contributed by atoms with Crippen LogP contribution in [-0.4, -0.2) is 30.7 Å². The van der Waals surface area contributed by atoms with Gasteiger partial charge in [-0.05, 0) is 31.5 Å². The van der Waals surface area contributed by atoms with Crippen LogP contribution in [0, 0.1) is 11.6 Å². The van der Waals surface area contributed by atoms with Crippen LogP contribution >= 0.6 is 11.8 Å². The highest BCUT2D eigenvalue weighted by Crippen LogP contribution is 2.24. The van der Waals surface area contributed by atoms with Gasteiger partial charge in [-0.25, -0.2) is 8.78 Å². The van der Waals surface area contributed by atoms with Gasteiger partial charge >= 0.3 is 0 Å². The molecule has 0 saturated carbocycles. The monoisotopic (exact) mass is 336 g/mol. The fraction of sp³-hybridized carbons (Fsp3) is 0.235. The summed E-state index contributed by atoms with van der Waals surface area (Å²) in [5, 5.41) is 2.83.